The number of nitrogens with two attached hydrogens (primary N) is 2. The minimum Gasteiger partial charge on any atom is -0.478 e. The molecule has 15 nitrogen and oxygen atoms in total. The van der Waals surface area contributed by atoms with Crippen molar-refractivity contribution < 1.29 is 19.5 Å². The second kappa shape index (κ2) is 10.4. The van der Waals surface area contributed by atoms with Crippen molar-refractivity contribution in [2.75, 3.05) is 16.8 Å². The van der Waals surface area contributed by atoms with Gasteiger partial charge in [-0.05, 0) is 53.8 Å². The summed E-state index contributed by atoms with van der Waals surface area (Å²) in [4.78, 5) is 69.2. The molecule has 2 amide bonds. The molecular formula is C28H23N9O6. The number of fused-ring (bicyclic) bond motifs is 2. The molecule has 43 heavy (non-hydrogen) atoms. The lowest BCUT2D eigenvalue weighted by Crippen LogP contribution is -2.36. The second-order valence-corrected chi connectivity index (χ2v) is 9.95. The third-order valence-corrected chi connectivity index (χ3v) is 7.16. The molecule has 0 spiro atoms. The molecule has 1 atom stereocenters. The Balaban J connectivity index is 1.19. The first-order valence-corrected chi connectivity index (χ1v) is 13.0. The van der Waals surface area contributed by atoms with Crippen molar-refractivity contribution >= 4 is 46.6 Å². The van der Waals surface area contributed by atoms with Crippen LogP contribution in [0.15, 0.2) is 58.1 Å². The molecule has 0 radical (unpaired) electrons. The molecule has 0 saturated carbocycles. The average Bonchev–Trinajstić information content (AvgIpc) is 3.59. The molecule has 1 aliphatic carbocycles. The van der Waals surface area contributed by atoms with Gasteiger partial charge >= 0.3 is 5.97 Å². The van der Waals surface area contributed by atoms with Crippen molar-refractivity contribution in [2.45, 2.75) is 25.4 Å². The molecular weight excluding hydrogens is 558 g/mol. The summed E-state index contributed by atoms with van der Waals surface area (Å²) in [6, 6.07) is 12.4. The van der Waals surface area contributed by atoms with Crippen molar-refractivity contribution in [1.82, 2.24) is 30.2 Å². The smallest absolute Gasteiger partial charge is 0.335 e. The fraction of sp³-hybridized carbons (Fsp3) is 0.143. The molecule has 0 bridgehead atoms. The number of anilines is 4. The van der Waals surface area contributed by atoms with E-state index in [1.54, 1.807) is 36.4 Å². The molecule has 15 heteroatoms. The zero-order valence-electron chi connectivity index (χ0n) is 22.2. The van der Waals surface area contributed by atoms with Crippen molar-refractivity contribution in [2.24, 2.45) is 0 Å². The highest BCUT2D eigenvalue weighted by molar-refractivity contribution is 5.98. The van der Waals surface area contributed by atoms with Gasteiger partial charge in [-0.1, -0.05) is 18.2 Å². The Labute approximate surface area is 241 Å². The van der Waals surface area contributed by atoms with E-state index in [9.17, 15) is 29.1 Å². The first-order chi connectivity index (χ1) is 20.6. The Morgan fingerprint density at radius 2 is 1.81 bits per heavy atom. The summed E-state index contributed by atoms with van der Waals surface area (Å²) in [5.74, 6) is -2.37. The number of aromatic carboxylic acids is 1. The number of carbonyl (C=O) groups excluding carboxylic acids is 2. The molecule has 8 N–H and O–H groups in total. The number of carboxylic acid groups (broad SMARTS) is 1. The molecule has 3 aromatic carbocycles. The van der Waals surface area contributed by atoms with Gasteiger partial charge in [-0.15, -0.1) is 5.10 Å². The van der Waals surface area contributed by atoms with Gasteiger partial charge in [-0.25, -0.2) is 9.78 Å². The van der Waals surface area contributed by atoms with Gasteiger partial charge < -0.3 is 32.5 Å². The summed E-state index contributed by atoms with van der Waals surface area (Å²) >= 11 is 0. The third kappa shape index (κ3) is 4.99. The van der Waals surface area contributed by atoms with E-state index in [0.717, 1.165) is 15.6 Å². The minimum atomic E-state index is -1.03. The van der Waals surface area contributed by atoms with Gasteiger partial charge in [0.25, 0.3) is 28.4 Å². The predicted octanol–water partition coefficient (Wildman–Crippen LogP) is 0.674. The summed E-state index contributed by atoms with van der Waals surface area (Å²) in [7, 11) is 0. The van der Waals surface area contributed by atoms with Gasteiger partial charge in [-0.3, -0.25) is 19.2 Å². The Morgan fingerprint density at radius 3 is 2.58 bits per heavy atom. The summed E-state index contributed by atoms with van der Waals surface area (Å²) in [5, 5.41) is 21.8. The SMILES string of the molecule is Nc1nc2nc(C(=O)NCc3cccc(Nc4c(N)c(=O)c4=O)c3)cc(C(=O)N[C@H]3CCc4cc(C(=O)O)ccc43)n2n1. The van der Waals surface area contributed by atoms with E-state index in [1.807, 2.05) is 0 Å². The van der Waals surface area contributed by atoms with Crippen molar-refractivity contribution in [3.63, 3.8) is 0 Å². The fourth-order valence-electron chi connectivity index (χ4n) is 5.00. The number of carboxylic acids is 1. The zero-order valence-corrected chi connectivity index (χ0v) is 22.2. The monoisotopic (exact) mass is 581 g/mol. The number of nitrogen functional groups attached to an aromatic ring is 2. The summed E-state index contributed by atoms with van der Waals surface area (Å²) in [6.07, 6.45) is 1.15. The van der Waals surface area contributed by atoms with Crippen molar-refractivity contribution in [3.05, 3.63) is 103 Å². The van der Waals surface area contributed by atoms with E-state index in [2.05, 4.69) is 31.0 Å². The molecule has 216 valence electrons. The normalized spacial score (nSPS) is 14.0. The minimum absolute atomic E-state index is 0.0215. The molecule has 0 unspecified atom stereocenters. The fourth-order valence-corrected chi connectivity index (χ4v) is 5.00. The second-order valence-electron chi connectivity index (χ2n) is 9.95. The van der Waals surface area contributed by atoms with Crippen LogP contribution in [0.25, 0.3) is 5.78 Å². The van der Waals surface area contributed by atoms with Gasteiger partial charge in [-0.2, -0.15) is 9.50 Å². The highest BCUT2D eigenvalue weighted by atomic mass is 16.4. The molecule has 5 aromatic rings. The predicted molar refractivity (Wildman–Crippen MR) is 154 cm³/mol. The van der Waals surface area contributed by atoms with Gasteiger partial charge in [0.15, 0.2) is 0 Å². The van der Waals surface area contributed by atoms with Crippen LogP contribution in [0.1, 0.15) is 60.5 Å². The van der Waals surface area contributed by atoms with E-state index in [0.29, 0.717) is 24.1 Å². The molecule has 0 aliphatic heterocycles. The number of rotatable bonds is 8. The Morgan fingerprint density at radius 1 is 1.00 bits per heavy atom. The number of nitrogens with one attached hydrogen (secondary N) is 3. The first-order valence-electron chi connectivity index (χ1n) is 13.0. The summed E-state index contributed by atoms with van der Waals surface area (Å²) < 4.78 is 1.15. The average molecular weight is 582 g/mol. The number of carbonyl (C=O) groups is 3. The molecule has 0 fully saturated rings. The van der Waals surface area contributed by atoms with E-state index in [-0.39, 0.29) is 52.6 Å². The number of benzene rings is 2. The topological polar surface area (TPSA) is 237 Å². The van der Waals surface area contributed by atoms with Gasteiger partial charge in [0, 0.05) is 18.3 Å². The van der Waals surface area contributed by atoms with Crippen LogP contribution in [0.3, 0.4) is 0 Å². The Kier molecular flexibility index (Phi) is 6.53. The maximum Gasteiger partial charge on any atom is 0.335 e. The van der Waals surface area contributed by atoms with E-state index >= 15 is 0 Å². The zero-order chi connectivity index (χ0) is 30.4. The number of hydrogen-bond acceptors (Lipinski definition) is 11. The van der Waals surface area contributed by atoms with Crippen LogP contribution in [0.2, 0.25) is 0 Å². The van der Waals surface area contributed by atoms with Gasteiger partial charge in [0.05, 0.1) is 11.6 Å². The quantitative estimate of drug-likeness (QED) is 0.139. The van der Waals surface area contributed by atoms with Crippen LogP contribution in [-0.4, -0.2) is 42.5 Å². The van der Waals surface area contributed by atoms with Crippen LogP contribution in [0.4, 0.5) is 23.0 Å². The molecule has 0 saturated heterocycles. The van der Waals surface area contributed by atoms with Crippen LogP contribution in [0, 0.1) is 0 Å². The highest BCUT2D eigenvalue weighted by Gasteiger charge is 2.27. The summed E-state index contributed by atoms with van der Waals surface area (Å²) in [6.45, 7) is 0.0656. The Bertz CT molecular complexity index is 2040. The van der Waals surface area contributed by atoms with Gasteiger partial charge in [0.1, 0.15) is 22.8 Å². The van der Waals surface area contributed by atoms with Crippen molar-refractivity contribution in [3.8, 4) is 0 Å². The molecule has 2 heterocycles. The highest BCUT2D eigenvalue weighted by Crippen LogP contribution is 2.32. The standard InChI is InChI=1S/C28H23N9O6/c29-20-21(23(39)22(20)38)32-15-3-1-2-12(8-15)11-31-24(40)18-10-19(37-28(34-18)35-27(30)36-37)25(41)33-17-7-5-13-9-14(26(42)43)4-6-16(13)17/h1-4,6,8-10,17,32H,5,7,11,29H2,(H2,30,36)(H,31,40)(H,33,41)(H,42,43)/t17-/m0/s1. The van der Waals surface area contributed by atoms with E-state index < -0.39 is 28.6 Å². The number of nitrogens with zero attached hydrogens (tertiary/aromatic N) is 4. The van der Waals surface area contributed by atoms with Crippen LogP contribution >= 0.6 is 0 Å². The van der Waals surface area contributed by atoms with Crippen LogP contribution in [0.5, 0.6) is 0 Å². The van der Waals surface area contributed by atoms with Gasteiger partial charge in [0.2, 0.25) is 5.95 Å². The lowest BCUT2D eigenvalue weighted by molar-refractivity contribution is 0.0696. The number of aromatic nitrogens is 4. The largest absolute Gasteiger partial charge is 0.478 e. The molecule has 6 rings (SSSR count). The lowest BCUT2D eigenvalue weighted by Gasteiger charge is -2.15. The number of hydrogen-bond donors (Lipinski definition) is 6. The van der Waals surface area contributed by atoms with Crippen LogP contribution < -0.4 is 38.3 Å². The number of aryl methyl sites for hydroxylation is 1. The third-order valence-electron chi connectivity index (χ3n) is 7.16. The van der Waals surface area contributed by atoms with E-state index in [4.69, 9.17) is 11.5 Å². The lowest BCUT2D eigenvalue weighted by atomic mass is 10.0. The number of amides is 2. The maximum absolute atomic E-state index is 13.4. The summed E-state index contributed by atoms with van der Waals surface area (Å²) in [5.41, 5.74) is 12.6. The molecule has 1 aliphatic rings. The van der Waals surface area contributed by atoms with Crippen molar-refractivity contribution in [1.29, 1.82) is 0 Å². The molecule has 2 aromatic heterocycles. The maximum atomic E-state index is 13.4. The van der Waals surface area contributed by atoms with Crippen LogP contribution in [-0.2, 0) is 13.0 Å². The first kappa shape index (κ1) is 27.1. The Hall–Kier alpha value is -6.12. The van der Waals surface area contributed by atoms with E-state index in [1.165, 1.54) is 12.1 Å².